The molecule has 0 bridgehead atoms. The molecule has 1 aliphatic heterocycles. The number of nitrogens with zero attached hydrogens (tertiary/aromatic N) is 1. The van der Waals surface area contributed by atoms with Crippen molar-refractivity contribution in [2.24, 2.45) is 5.92 Å². The van der Waals surface area contributed by atoms with Crippen LogP contribution in [-0.4, -0.2) is 29.8 Å². The fourth-order valence-electron chi connectivity index (χ4n) is 1.36. The molecule has 1 rings (SSSR count). The Hall–Kier alpha value is -0.0800. The smallest absolute Gasteiger partial charge is 0.226 e. The highest BCUT2D eigenvalue weighted by Crippen LogP contribution is 2.22. The first-order chi connectivity index (χ1) is 4.61. The van der Waals surface area contributed by atoms with Gasteiger partial charge in [0.2, 0.25) is 5.24 Å². The van der Waals surface area contributed by atoms with E-state index < -0.39 is 0 Å². The minimum Gasteiger partial charge on any atom is -0.303 e. The van der Waals surface area contributed by atoms with Crippen LogP contribution in [0, 0.1) is 5.92 Å². The summed E-state index contributed by atoms with van der Waals surface area (Å²) in [5, 5.41) is -0.184. The molecule has 1 aliphatic rings. The fraction of sp³-hybridized carbons (Fsp3) is 0.857. The second-order valence-corrected chi connectivity index (χ2v) is 3.40. The van der Waals surface area contributed by atoms with Gasteiger partial charge in [0.1, 0.15) is 0 Å². The molecule has 0 aromatic heterocycles. The molecule has 0 aromatic carbocycles. The first kappa shape index (κ1) is 8.02. The lowest BCUT2D eigenvalue weighted by Crippen LogP contribution is -2.21. The second-order valence-electron chi connectivity index (χ2n) is 3.03. The van der Waals surface area contributed by atoms with Gasteiger partial charge in [0.25, 0.3) is 0 Å². The predicted molar refractivity (Wildman–Crippen MR) is 41.1 cm³/mol. The summed E-state index contributed by atoms with van der Waals surface area (Å²) in [5.41, 5.74) is 0. The highest BCUT2D eigenvalue weighted by molar-refractivity contribution is 6.64. The Balaban J connectivity index is 2.49. The lowest BCUT2D eigenvalue weighted by atomic mass is 10.1. The number of carbonyl (C=O) groups is 1. The molecule has 10 heavy (non-hydrogen) atoms. The van der Waals surface area contributed by atoms with Crippen molar-refractivity contribution >= 4 is 16.8 Å². The van der Waals surface area contributed by atoms with Crippen molar-refractivity contribution in [3.05, 3.63) is 0 Å². The number of likely N-dealkylation sites (tertiary alicyclic amines) is 1. The highest BCUT2D eigenvalue weighted by atomic mass is 35.5. The normalized spacial score (nSPS) is 34.7. The van der Waals surface area contributed by atoms with Crippen LogP contribution < -0.4 is 0 Å². The first-order valence-electron chi connectivity index (χ1n) is 3.51. The third-order valence-corrected chi connectivity index (χ3v) is 2.52. The molecule has 1 fully saturated rings. The fourth-order valence-corrected chi connectivity index (χ4v) is 1.52. The number of hydrogen-bond donors (Lipinski definition) is 0. The van der Waals surface area contributed by atoms with Gasteiger partial charge in [-0.15, -0.1) is 0 Å². The Labute approximate surface area is 66.1 Å². The standard InChI is InChI=1S/C7H12ClNO/c1-5-3-6(7(8)10)4-9(5)2/h5-6H,3-4H2,1-2H3/t5-,6+/m0/s1. The van der Waals surface area contributed by atoms with E-state index in [-0.39, 0.29) is 11.2 Å². The minimum atomic E-state index is -0.184. The number of rotatable bonds is 1. The molecule has 0 amide bonds. The predicted octanol–water partition coefficient (Wildman–Crippen LogP) is 1.09. The van der Waals surface area contributed by atoms with E-state index in [1.54, 1.807) is 0 Å². The largest absolute Gasteiger partial charge is 0.303 e. The quantitative estimate of drug-likeness (QED) is 0.537. The van der Waals surface area contributed by atoms with Crippen LogP contribution in [0.2, 0.25) is 0 Å². The summed E-state index contributed by atoms with van der Waals surface area (Å²) in [7, 11) is 2.02. The molecule has 0 saturated carbocycles. The Morgan fingerprint density at radius 3 is 2.50 bits per heavy atom. The van der Waals surface area contributed by atoms with Gasteiger partial charge in [-0.25, -0.2) is 0 Å². The molecule has 1 saturated heterocycles. The summed E-state index contributed by atoms with van der Waals surface area (Å²) in [6.07, 6.45) is 0.916. The molecule has 0 unspecified atom stereocenters. The topological polar surface area (TPSA) is 20.3 Å². The summed E-state index contributed by atoms with van der Waals surface area (Å²) in [6, 6.07) is 0.507. The average molecular weight is 162 g/mol. The van der Waals surface area contributed by atoms with Crippen LogP contribution in [0.1, 0.15) is 13.3 Å². The molecule has 2 atom stereocenters. The van der Waals surface area contributed by atoms with Gasteiger partial charge in [-0.1, -0.05) is 0 Å². The molecule has 1 heterocycles. The molecule has 2 nitrogen and oxygen atoms in total. The molecule has 58 valence electrons. The Morgan fingerprint density at radius 2 is 2.30 bits per heavy atom. The van der Waals surface area contributed by atoms with Crippen molar-refractivity contribution < 1.29 is 4.79 Å². The summed E-state index contributed by atoms with van der Waals surface area (Å²) < 4.78 is 0. The van der Waals surface area contributed by atoms with Crippen LogP contribution in [0.3, 0.4) is 0 Å². The van der Waals surface area contributed by atoms with Crippen molar-refractivity contribution in [2.45, 2.75) is 19.4 Å². The zero-order valence-electron chi connectivity index (χ0n) is 6.30. The molecule has 0 spiro atoms. The summed E-state index contributed by atoms with van der Waals surface area (Å²) in [6.45, 7) is 2.93. The molecule has 0 N–H and O–H groups in total. The zero-order chi connectivity index (χ0) is 7.72. The van der Waals surface area contributed by atoms with Crippen molar-refractivity contribution in [2.75, 3.05) is 13.6 Å². The van der Waals surface area contributed by atoms with E-state index in [9.17, 15) is 4.79 Å². The van der Waals surface area contributed by atoms with Gasteiger partial charge >= 0.3 is 0 Å². The van der Waals surface area contributed by atoms with E-state index in [0.29, 0.717) is 6.04 Å². The van der Waals surface area contributed by atoms with Gasteiger partial charge in [-0.2, -0.15) is 0 Å². The van der Waals surface area contributed by atoms with Crippen molar-refractivity contribution in [3.8, 4) is 0 Å². The van der Waals surface area contributed by atoms with Gasteiger partial charge < -0.3 is 4.90 Å². The summed E-state index contributed by atoms with van der Waals surface area (Å²) in [4.78, 5) is 12.8. The Kier molecular flexibility index (Phi) is 2.32. The van der Waals surface area contributed by atoms with Crippen molar-refractivity contribution in [1.29, 1.82) is 0 Å². The van der Waals surface area contributed by atoms with E-state index in [0.717, 1.165) is 13.0 Å². The van der Waals surface area contributed by atoms with Gasteiger partial charge in [-0.3, -0.25) is 4.79 Å². The van der Waals surface area contributed by atoms with E-state index in [1.807, 2.05) is 7.05 Å². The first-order valence-corrected chi connectivity index (χ1v) is 3.88. The summed E-state index contributed by atoms with van der Waals surface area (Å²) in [5.74, 6) is 0.0710. The Bertz CT molecular complexity index is 139. The van der Waals surface area contributed by atoms with Gasteiger partial charge in [0, 0.05) is 18.5 Å². The monoisotopic (exact) mass is 161 g/mol. The van der Waals surface area contributed by atoms with Gasteiger partial charge in [-0.05, 0) is 32.0 Å². The maximum Gasteiger partial charge on any atom is 0.226 e. The highest BCUT2D eigenvalue weighted by Gasteiger charge is 2.29. The maximum atomic E-state index is 10.7. The molecule has 0 radical (unpaired) electrons. The number of halogens is 1. The Morgan fingerprint density at radius 1 is 1.70 bits per heavy atom. The molecule has 3 heteroatoms. The second kappa shape index (κ2) is 2.89. The lowest BCUT2D eigenvalue weighted by Gasteiger charge is -2.12. The third kappa shape index (κ3) is 1.50. The molecular formula is C7H12ClNO. The zero-order valence-corrected chi connectivity index (χ0v) is 7.06. The van der Waals surface area contributed by atoms with E-state index in [2.05, 4.69) is 11.8 Å². The van der Waals surface area contributed by atoms with Crippen LogP contribution in [0.4, 0.5) is 0 Å². The van der Waals surface area contributed by atoms with Crippen LogP contribution >= 0.6 is 11.6 Å². The SMILES string of the molecule is C[C@H]1C[C@@H](C(=O)Cl)CN1C. The number of carbonyl (C=O) groups excluding carboxylic acids is 1. The van der Waals surface area contributed by atoms with Crippen molar-refractivity contribution in [3.63, 3.8) is 0 Å². The van der Waals surface area contributed by atoms with Gasteiger partial charge in [0.05, 0.1) is 0 Å². The van der Waals surface area contributed by atoms with E-state index in [1.165, 1.54) is 0 Å². The van der Waals surface area contributed by atoms with Crippen molar-refractivity contribution in [1.82, 2.24) is 4.90 Å². The number of hydrogen-bond acceptors (Lipinski definition) is 2. The van der Waals surface area contributed by atoms with Crippen LogP contribution in [0.5, 0.6) is 0 Å². The van der Waals surface area contributed by atoms with E-state index >= 15 is 0 Å². The minimum absolute atomic E-state index is 0.0710. The summed E-state index contributed by atoms with van der Waals surface area (Å²) >= 11 is 5.35. The molecule has 0 aliphatic carbocycles. The maximum absolute atomic E-state index is 10.7. The molecular weight excluding hydrogens is 150 g/mol. The molecule has 0 aromatic rings. The van der Waals surface area contributed by atoms with Crippen LogP contribution in [0.25, 0.3) is 0 Å². The van der Waals surface area contributed by atoms with E-state index in [4.69, 9.17) is 11.6 Å². The van der Waals surface area contributed by atoms with Crippen LogP contribution in [-0.2, 0) is 4.79 Å². The lowest BCUT2D eigenvalue weighted by molar-refractivity contribution is -0.114. The average Bonchev–Trinajstić information content (AvgIpc) is 2.13. The van der Waals surface area contributed by atoms with Gasteiger partial charge in [0.15, 0.2) is 0 Å². The van der Waals surface area contributed by atoms with Crippen LogP contribution in [0.15, 0.2) is 0 Å². The third-order valence-electron chi connectivity index (χ3n) is 2.21.